The first kappa shape index (κ1) is 11.5. The Labute approximate surface area is 102 Å². The Morgan fingerprint density at radius 3 is 2.71 bits per heavy atom. The van der Waals surface area contributed by atoms with E-state index in [4.69, 9.17) is 17.3 Å². The number of hydrogen-bond donors (Lipinski definition) is 1. The number of nitrogens with two attached hydrogens (primary N) is 1. The minimum atomic E-state index is -0.508. The van der Waals surface area contributed by atoms with Crippen molar-refractivity contribution in [1.29, 1.82) is 0 Å². The number of nitrogen functional groups attached to an aromatic ring is 1. The predicted octanol–water partition coefficient (Wildman–Crippen LogP) is 2.94. The lowest BCUT2D eigenvalue weighted by molar-refractivity contribution is 0.112. The van der Waals surface area contributed by atoms with Crippen LogP contribution in [0, 0.1) is 5.82 Å². The third-order valence-corrected chi connectivity index (χ3v) is 2.60. The zero-order chi connectivity index (χ0) is 12.4. The van der Waals surface area contributed by atoms with Crippen molar-refractivity contribution < 1.29 is 9.18 Å². The number of aromatic nitrogens is 1. The Hall–Kier alpha value is -1.94. The highest BCUT2D eigenvalue weighted by molar-refractivity contribution is 6.30. The van der Waals surface area contributed by atoms with E-state index in [0.717, 1.165) is 0 Å². The summed E-state index contributed by atoms with van der Waals surface area (Å²) in [6.45, 7) is 0. The summed E-state index contributed by atoms with van der Waals surface area (Å²) in [6.07, 6.45) is 1.98. The van der Waals surface area contributed by atoms with Crippen LogP contribution >= 0.6 is 11.6 Å². The van der Waals surface area contributed by atoms with Crippen molar-refractivity contribution in [1.82, 2.24) is 4.98 Å². The second-order valence-corrected chi connectivity index (χ2v) is 3.84. The molecule has 0 spiro atoms. The maximum absolute atomic E-state index is 13.7. The number of hydrogen-bond acceptors (Lipinski definition) is 3. The van der Waals surface area contributed by atoms with Crippen LogP contribution in [0.4, 0.5) is 10.2 Å². The van der Waals surface area contributed by atoms with Gasteiger partial charge in [-0.3, -0.25) is 4.79 Å². The third kappa shape index (κ3) is 2.12. The van der Waals surface area contributed by atoms with E-state index in [9.17, 15) is 9.18 Å². The van der Waals surface area contributed by atoms with Crippen molar-refractivity contribution in [3.63, 3.8) is 0 Å². The number of nitrogens with zero attached hydrogens (tertiary/aromatic N) is 1. The second kappa shape index (κ2) is 4.51. The molecule has 2 N–H and O–H groups in total. The van der Waals surface area contributed by atoms with Gasteiger partial charge < -0.3 is 5.73 Å². The molecule has 3 nitrogen and oxygen atoms in total. The monoisotopic (exact) mass is 250 g/mol. The van der Waals surface area contributed by atoms with Gasteiger partial charge in [0.05, 0.1) is 5.56 Å². The van der Waals surface area contributed by atoms with Gasteiger partial charge in [0.25, 0.3) is 0 Å². The SMILES string of the molecule is Nc1nccc(-c2ccc(Cl)cc2F)c1C=O. The summed E-state index contributed by atoms with van der Waals surface area (Å²) in [6, 6.07) is 5.76. The number of aldehydes is 1. The van der Waals surface area contributed by atoms with E-state index in [1.807, 2.05) is 0 Å². The van der Waals surface area contributed by atoms with Crippen LogP contribution < -0.4 is 5.73 Å². The number of rotatable bonds is 2. The van der Waals surface area contributed by atoms with Crippen molar-refractivity contribution in [2.75, 3.05) is 5.73 Å². The fourth-order valence-corrected chi connectivity index (χ4v) is 1.71. The molecule has 2 rings (SSSR count). The Balaban J connectivity index is 2.68. The molecule has 1 aromatic heterocycles. The maximum atomic E-state index is 13.7. The summed E-state index contributed by atoms with van der Waals surface area (Å²) in [5, 5.41) is 0.293. The van der Waals surface area contributed by atoms with Crippen LogP contribution in [0.15, 0.2) is 30.5 Å². The molecule has 0 atom stereocenters. The Kier molecular flexibility index (Phi) is 3.06. The number of carbonyl (C=O) groups excluding carboxylic acids is 1. The normalized spacial score (nSPS) is 10.2. The summed E-state index contributed by atoms with van der Waals surface area (Å²) in [7, 11) is 0. The highest BCUT2D eigenvalue weighted by atomic mass is 35.5. The zero-order valence-electron chi connectivity index (χ0n) is 8.65. The molecule has 2 aromatic rings. The summed E-state index contributed by atoms with van der Waals surface area (Å²) in [4.78, 5) is 14.7. The lowest BCUT2D eigenvalue weighted by Crippen LogP contribution is -1.99. The van der Waals surface area contributed by atoms with E-state index in [1.54, 1.807) is 6.07 Å². The number of benzene rings is 1. The van der Waals surface area contributed by atoms with E-state index in [0.29, 0.717) is 16.9 Å². The molecule has 0 radical (unpaired) electrons. The van der Waals surface area contributed by atoms with Crippen LogP contribution in [0.5, 0.6) is 0 Å². The van der Waals surface area contributed by atoms with Crippen molar-refractivity contribution in [3.05, 3.63) is 46.9 Å². The molecule has 1 aromatic carbocycles. The van der Waals surface area contributed by atoms with Crippen LogP contribution in [0.3, 0.4) is 0 Å². The van der Waals surface area contributed by atoms with Gasteiger partial charge in [0, 0.05) is 22.3 Å². The molecule has 1 heterocycles. The molecule has 0 saturated heterocycles. The summed E-state index contributed by atoms with van der Waals surface area (Å²) in [5.41, 5.74) is 6.41. The largest absolute Gasteiger partial charge is 0.383 e. The van der Waals surface area contributed by atoms with E-state index in [2.05, 4.69) is 4.98 Å². The molecule has 0 saturated carbocycles. The van der Waals surface area contributed by atoms with Gasteiger partial charge in [-0.1, -0.05) is 11.6 Å². The predicted molar refractivity (Wildman–Crippen MR) is 64.4 cm³/mol. The average Bonchev–Trinajstić information content (AvgIpc) is 2.29. The highest BCUT2D eigenvalue weighted by Crippen LogP contribution is 2.29. The van der Waals surface area contributed by atoms with Gasteiger partial charge in [0.1, 0.15) is 11.6 Å². The number of anilines is 1. The first-order valence-electron chi connectivity index (χ1n) is 4.78. The fourth-order valence-electron chi connectivity index (χ4n) is 1.56. The molecule has 0 amide bonds. The lowest BCUT2D eigenvalue weighted by Gasteiger charge is -2.08. The molecule has 86 valence electrons. The molecule has 0 aliphatic carbocycles. The Morgan fingerprint density at radius 1 is 1.29 bits per heavy atom. The topological polar surface area (TPSA) is 56.0 Å². The minimum absolute atomic E-state index is 0.0758. The zero-order valence-corrected chi connectivity index (χ0v) is 9.41. The van der Waals surface area contributed by atoms with Crippen molar-refractivity contribution in [3.8, 4) is 11.1 Å². The quantitative estimate of drug-likeness (QED) is 0.834. The molecule has 0 bridgehead atoms. The van der Waals surface area contributed by atoms with E-state index >= 15 is 0 Å². The number of pyridine rings is 1. The summed E-state index contributed by atoms with van der Waals surface area (Å²) >= 11 is 5.66. The molecule has 0 fully saturated rings. The van der Waals surface area contributed by atoms with E-state index in [1.165, 1.54) is 24.4 Å². The van der Waals surface area contributed by atoms with Gasteiger partial charge in [-0.15, -0.1) is 0 Å². The van der Waals surface area contributed by atoms with Crippen LogP contribution in [0.1, 0.15) is 10.4 Å². The average molecular weight is 251 g/mol. The van der Waals surface area contributed by atoms with Gasteiger partial charge in [-0.25, -0.2) is 9.37 Å². The molecular formula is C12H8ClFN2O. The van der Waals surface area contributed by atoms with Crippen molar-refractivity contribution in [2.45, 2.75) is 0 Å². The fraction of sp³-hybridized carbons (Fsp3) is 0. The first-order valence-corrected chi connectivity index (χ1v) is 5.16. The third-order valence-electron chi connectivity index (χ3n) is 2.36. The maximum Gasteiger partial charge on any atom is 0.154 e. The number of carbonyl (C=O) groups is 1. The smallest absolute Gasteiger partial charge is 0.154 e. The molecule has 5 heteroatoms. The van der Waals surface area contributed by atoms with E-state index in [-0.39, 0.29) is 16.9 Å². The Bertz CT molecular complexity index is 587. The molecule has 17 heavy (non-hydrogen) atoms. The van der Waals surface area contributed by atoms with E-state index < -0.39 is 5.82 Å². The molecule has 0 aliphatic heterocycles. The van der Waals surface area contributed by atoms with Gasteiger partial charge in [0.15, 0.2) is 6.29 Å². The standard InChI is InChI=1S/C12H8ClFN2O/c13-7-1-2-9(11(14)5-7)8-3-4-16-12(15)10(8)6-17/h1-6H,(H2,15,16). The molecular weight excluding hydrogens is 243 g/mol. The van der Waals surface area contributed by atoms with Gasteiger partial charge in [-0.05, 0) is 24.3 Å². The highest BCUT2D eigenvalue weighted by Gasteiger charge is 2.12. The lowest BCUT2D eigenvalue weighted by atomic mass is 10.0. The second-order valence-electron chi connectivity index (χ2n) is 3.40. The van der Waals surface area contributed by atoms with Crippen LogP contribution in [0.2, 0.25) is 5.02 Å². The van der Waals surface area contributed by atoms with Gasteiger partial charge in [0.2, 0.25) is 0 Å². The Morgan fingerprint density at radius 2 is 2.06 bits per heavy atom. The van der Waals surface area contributed by atoms with Gasteiger partial charge >= 0.3 is 0 Å². The first-order chi connectivity index (χ1) is 8.13. The summed E-state index contributed by atoms with van der Waals surface area (Å²) in [5.74, 6) is -0.432. The van der Waals surface area contributed by atoms with Crippen molar-refractivity contribution >= 4 is 23.7 Å². The van der Waals surface area contributed by atoms with Crippen LogP contribution in [-0.2, 0) is 0 Å². The van der Waals surface area contributed by atoms with Gasteiger partial charge in [-0.2, -0.15) is 0 Å². The number of halogens is 2. The minimum Gasteiger partial charge on any atom is -0.383 e. The molecule has 0 aliphatic rings. The summed E-state index contributed by atoms with van der Waals surface area (Å²) < 4.78 is 13.7. The molecule has 0 unspecified atom stereocenters. The van der Waals surface area contributed by atoms with Crippen molar-refractivity contribution in [2.24, 2.45) is 0 Å². The van der Waals surface area contributed by atoms with Crippen LogP contribution in [0.25, 0.3) is 11.1 Å². The van der Waals surface area contributed by atoms with Crippen LogP contribution in [-0.4, -0.2) is 11.3 Å².